The molecule has 0 fully saturated rings. The van der Waals surface area contributed by atoms with E-state index in [-0.39, 0.29) is 13.2 Å². The fourth-order valence-corrected chi connectivity index (χ4v) is 1.01. The first kappa shape index (κ1) is 13.4. The summed E-state index contributed by atoms with van der Waals surface area (Å²) in [6.07, 6.45) is 0. The largest absolute Gasteiger partial charge is 0.466 e. The second kappa shape index (κ2) is 6.82. The smallest absolute Gasteiger partial charge is 0.324 e. The van der Waals surface area contributed by atoms with E-state index in [0.717, 1.165) is 0 Å². The molecule has 5 nitrogen and oxygen atoms in total. The Morgan fingerprint density at radius 2 is 1.67 bits per heavy atom. The van der Waals surface area contributed by atoms with Gasteiger partial charge in [0.05, 0.1) is 25.2 Å². The third-order valence-corrected chi connectivity index (χ3v) is 1.84. The van der Waals surface area contributed by atoms with Gasteiger partial charge >= 0.3 is 11.9 Å². The number of rotatable bonds is 5. The quantitative estimate of drug-likeness (QED) is 0.634. The van der Waals surface area contributed by atoms with E-state index in [2.05, 4.69) is 4.74 Å². The lowest BCUT2D eigenvalue weighted by Crippen LogP contribution is -2.29. The van der Waals surface area contributed by atoms with E-state index in [0.29, 0.717) is 0 Å². The van der Waals surface area contributed by atoms with Gasteiger partial charge in [0.25, 0.3) is 0 Å². The van der Waals surface area contributed by atoms with Gasteiger partial charge in [0.2, 0.25) is 0 Å². The average Bonchev–Trinajstić information content (AvgIpc) is 2.19. The molecule has 0 rings (SSSR count). The van der Waals surface area contributed by atoms with Gasteiger partial charge in [0, 0.05) is 0 Å². The van der Waals surface area contributed by atoms with Crippen LogP contribution in [0.1, 0.15) is 20.8 Å². The summed E-state index contributed by atoms with van der Waals surface area (Å²) in [6.45, 7) is 5.19. The first-order valence-corrected chi connectivity index (χ1v) is 4.81. The Labute approximate surface area is 89.0 Å². The summed E-state index contributed by atoms with van der Waals surface area (Å²) in [5.41, 5.74) is 0. The van der Waals surface area contributed by atoms with E-state index in [1.807, 2.05) is 0 Å². The maximum absolute atomic E-state index is 11.3. The Bertz CT molecular complexity index is 269. The molecular weight excluding hydrogens is 198 g/mol. The number of nitriles is 1. The molecular formula is C10H15NO4. The third-order valence-electron chi connectivity index (χ3n) is 1.84. The predicted octanol–water partition coefficient (Wildman–Crippen LogP) is 0.888. The van der Waals surface area contributed by atoms with Crippen molar-refractivity contribution < 1.29 is 19.1 Å². The van der Waals surface area contributed by atoms with Crippen molar-refractivity contribution in [2.75, 3.05) is 13.2 Å². The highest BCUT2D eigenvalue weighted by Crippen LogP contribution is 2.14. The lowest BCUT2D eigenvalue weighted by atomic mass is 9.96. The highest BCUT2D eigenvalue weighted by molar-refractivity contribution is 5.83. The highest BCUT2D eigenvalue weighted by atomic mass is 16.5. The van der Waals surface area contributed by atoms with Crippen LogP contribution in [0.2, 0.25) is 0 Å². The van der Waals surface area contributed by atoms with E-state index in [1.165, 1.54) is 6.92 Å². The molecule has 0 radical (unpaired) electrons. The van der Waals surface area contributed by atoms with Gasteiger partial charge in [-0.3, -0.25) is 9.59 Å². The zero-order valence-electron chi connectivity index (χ0n) is 9.15. The van der Waals surface area contributed by atoms with Crippen LogP contribution in [0.15, 0.2) is 0 Å². The SMILES string of the molecule is CCOC(=O)[C@@H](C)[C@@H](C#N)C(=O)OCC. The molecule has 0 amide bonds. The van der Waals surface area contributed by atoms with Crippen molar-refractivity contribution in [2.45, 2.75) is 20.8 Å². The molecule has 0 aliphatic carbocycles. The molecule has 0 unspecified atom stereocenters. The van der Waals surface area contributed by atoms with Crippen LogP contribution in [-0.4, -0.2) is 25.2 Å². The van der Waals surface area contributed by atoms with Crippen LogP contribution in [0.4, 0.5) is 0 Å². The van der Waals surface area contributed by atoms with Crippen LogP contribution in [0.25, 0.3) is 0 Å². The number of esters is 2. The van der Waals surface area contributed by atoms with Gasteiger partial charge in [-0.2, -0.15) is 5.26 Å². The van der Waals surface area contributed by atoms with Crippen molar-refractivity contribution in [3.05, 3.63) is 0 Å². The second-order valence-corrected chi connectivity index (χ2v) is 2.90. The third kappa shape index (κ3) is 3.98. The molecule has 0 aromatic carbocycles. The van der Waals surface area contributed by atoms with Crippen LogP contribution in [0.5, 0.6) is 0 Å². The van der Waals surface area contributed by atoms with Crippen LogP contribution < -0.4 is 0 Å². The molecule has 0 aromatic rings. The van der Waals surface area contributed by atoms with E-state index < -0.39 is 23.8 Å². The summed E-state index contributed by atoms with van der Waals surface area (Å²) in [6, 6.07) is 1.75. The van der Waals surface area contributed by atoms with Gasteiger partial charge in [-0.15, -0.1) is 0 Å². The fraction of sp³-hybridized carbons (Fsp3) is 0.700. The number of nitrogens with zero attached hydrogens (tertiary/aromatic N) is 1. The number of hydrogen-bond acceptors (Lipinski definition) is 5. The van der Waals surface area contributed by atoms with Gasteiger partial charge < -0.3 is 9.47 Å². The van der Waals surface area contributed by atoms with Gasteiger partial charge in [-0.25, -0.2) is 0 Å². The Balaban J connectivity index is 4.48. The monoisotopic (exact) mass is 213 g/mol. The molecule has 0 saturated carbocycles. The molecule has 2 atom stereocenters. The van der Waals surface area contributed by atoms with Crippen molar-refractivity contribution in [1.29, 1.82) is 5.26 Å². The molecule has 0 bridgehead atoms. The van der Waals surface area contributed by atoms with Gasteiger partial charge in [0.1, 0.15) is 0 Å². The number of ether oxygens (including phenoxy) is 2. The molecule has 0 aliphatic heterocycles. The summed E-state index contributed by atoms with van der Waals surface area (Å²) in [5.74, 6) is -3.13. The molecule has 0 aliphatic rings. The van der Waals surface area contributed by atoms with Crippen molar-refractivity contribution in [3.63, 3.8) is 0 Å². The first-order valence-electron chi connectivity index (χ1n) is 4.81. The summed E-state index contributed by atoms with van der Waals surface area (Å²) >= 11 is 0. The second-order valence-electron chi connectivity index (χ2n) is 2.90. The molecule has 5 heteroatoms. The maximum Gasteiger partial charge on any atom is 0.324 e. The Morgan fingerprint density at radius 1 is 1.20 bits per heavy atom. The molecule has 84 valence electrons. The first-order chi connectivity index (χ1) is 7.08. The normalized spacial score (nSPS) is 13.5. The average molecular weight is 213 g/mol. The fourth-order valence-electron chi connectivity index (χ4n) is 1.01. The van der Waals surface area contributed by atoms with E-state index >= 15 is 0 Å². The maximum atomic E-state index is 11.3. The topological polar surface area (TPSA) is 76.4 Å². The summed E-state index contributed by atoms with van der Waals surface area (Å²) < 4.78 is 9.39. The molecule has 0 spiro atoms. The Kier molecular flexibility index (Phi) is 6.11. The minimum Gasteiger partial charge on any atom is -0.466 e. The lowest BCUT2D eigenvalue weighted by molar-refractivity contribution is -0.157. The van der Waals surface area contributed by atoms with Crippen molar-refractivity contribution in [1.82, 2.24) is 0 Å². The van der Waals surface area contributed by atoms with Gasteiger partial charge in [-0.1, -0.05) is 6.92 Å². The Hall–Kier alpha value is -1.57. The minimum atomic E-state index is -1.09. The summed E-state index contributed by atoms with van der Waals surface area (Å²) in [4.78, 5) is 22.5. The number of carbonyl (C=O) groups is 2. The zero-order valence-corrected chi connectivity index (χ0v) is 9.15. The van der Waals surface area contributed by atoms with E-state index in [9.17, 15) is 9.59 Å². The van der Waals surface area contributed by atoms with Gasteiger partial charge in [-0.05, 0) is 13.8 Å². The van der Waals surface area contributed by atoms with Crippen molar-refractivity contribution in [3.8, 4) is 6.07 Å². The summed E-state index contributed by atoms with van der Waals surface area (Å²) in [5, 5.41) is 8.75. The molecule has 0 saturated heterocycles. The molecule has 0 heterocycles. The highest BCUT2D eigenvalue weighted by Gasteiger charge is 2.32. The van der Waals surface area contributed by atoms with Crippen molar-refractivity contribution >= 4 is 11.9 Å². The minimum absolute atomic E-state index is 0.187. The standard InChI is InChI=1S/C10H15NO4/c1-4-14-9(12)7(3)8(6-11)10(13)15-5-2/h7-8H,4-5H2,1-3H3/t7-,8+/m0/s1. The van der Waals surface area contributed by atoms with Crippen LogP contribution >= 0.6 is 0 Å². The van der Waals surface area contributed by atoms with Crippen LogP contribution in [-0.2, 0) is 19.1 Å². The molecule has 0 N–H and O–H groups in total. The number of carbonyl (C=O) groups excluding carboxylic acids is 2. The van der Waals surface area contributed by atoms with Crippen LogP contribution in [0, 0.1) is 23.2 Å². The van der Waals surface area contributed by atoms with Crippen LogP contribution in [0.3, 0.4) is 0 Å². The summed E-state index contributed by atoms with van der Waals surface area (Å²) in [7, 11) is 0. The molecule has 0 aromatic heterocycles. The lowest BCUT2D eigenvalue weighted by Gasteiger charge is -2.14. The number of hydrogen-bond donors (Lipinski definition) is 0. The zero-order chi connectivity index (χ0) is 11.8. The van der Waals surface area contributed by atoms with Crippen molar-refractivity contribution in [2.24, 2.45) is 11.8 Å². The van der Waals surface area contributed by atoms with Gasteiger partial charge in [0.15, 0.2) is 5.92 Å². The van der Waals surface area contributed by atoms with E-state index in [4.69, 9.17) is 10.00 Å². The molecule has 15 heavy (non-hydrogen) atoms. The van der Waals surface area contributed by atoms with E-state index in [1.54, 1.807) is 19.9 Å². The predicted molar refractivity (Wildman–Crippen MR) is 51.5 cm³/mol. The Morgan fingerprint density at radius 3 is 2.07 bits per heavy atom.